The highest BCUT2D eigenvalue weighted by atomic mass is 19.4. The largest absolute Gasteiger partial charge is 0.416 e. The minimum atomic E-state index is -4.30. The van der Waals surface area contributed by atoms with Crippen molar-refractivity contribution in [3.05, 3.63) is 35.4 Å². The van der Waals surface area contributed by atoms with E-state index in [9.17, 15) is 18.0 Å². The van der Waals surface area contributed by atoms with E-state index in [1.807, 2.05) is 4.90 Å². The summed E-state index contributed by atoms with van der Waals surface area (Å²) in [5, 5.41) is 0. The summed E-state index contributed by atoms with van der Waals surface area (Å²) in [5.74, 6) is 1.59. The second-order valence-corrected chi connectivity index (χ2v) is 8.92. The predicted octanol–water partition coefficient (Wildman–Crippen LogP) is 4.57. The summed E-state index contributed by atoms with van der Waals surface area (Å²) in [5.41, 5.74) is 6.69. The molecule has 3 nitrogen and oxygen atoms in total. The van der Waals surface area contributed by atoms with Crippen LogP contribution in [0.1, 0.15) is 62.0 Å². The number of hydrogen-bond donors (Lipinski definition) is 1. The van der Waals surface area contributed by atoms with Gasteiger partial charge in [0.15, 0.2) is 0 Å². The quantitative estimate of drug-likeness (QED) is 0.799. The molecule has 1 aromatic rings. The van der Waals surface area contributed by atoms with Crippen LogP contribution in [-0.2, 0) is 11.0 Å². The molecule has 28 heavy (non-hydrogen) atoms. The number of fused-ring (bicyclic) bond motifs is 2. The summed E-state index contributed by atoms with van der Waals surface area (Å²) in [6.07, 6.45) is 2.73. The Labute approximate surface area is 164 Å². The van der Waals surface area contributed by atoms with Gasteiger partial charge in [0.1, 0.15) is 0 Å². The van der Waals surface area contributed by atoms with E-state index < -0.39 is 11.7 Å². The molecule has 4 rings (SSSR count). The van der Waals surface area contributed by atoms with Crippen molar-refractivity contribution >= 4 is 5.91 Å². The molecule has 1 amide bonds. The van der Waals surface area contributed by atoms with Gasteiger partial charge >= 0.3 is 6.18 Å². The molecule has 1 heterocycles. The van der Waals surface area contributed by atoms with E-state index in [0.717, 1.165) is 56.2 Å². The molecule has 2 N–H and O–H groups in total. The van der Waals surface area contributed by atoms with Gasteiger partial charge < -0.3 is 10.6 Å². The molecule has 0 spiro atoms. The van der Waals surface area contributed by atoms with Gasteiger partial charge in [-0.15, -0.1) is 0 Å². The number of likely N-dealkylation sites (tertiary alicyclic amines) is 1. The second-order valence-electron chi connectivity index (χ2n) is 8.92. The highest BCUT2D eigenvalue weighted by Crippen LogP contribution is 2.43. The van der Waals surface area contributed by atoms with Gasteiger partial charge in [-0.1, -0.05) is 18.6 Å². The molecule has 6 heteroatoms. The van der Waals surface area contributed by atoms with Crippen LogP contribution in [-0.4, -0.2) is 29.9 Å². The molecular formula is C22H29F3N2O. The fraction of sp³-hybridized carbons (Fsp3) is 0.682. The topological polar surface area (TPSA) is 46.3 Å². The van der Waals surface area contributed by atoms with Crippen LogP contribution in [0.15, 0.2) is 24.3 Å². The summed E-state index contributed by atoms with van der Waals surface area (Å²) in [6.45, 7) is 1.39. The third kappa shape index (κ3) is 3.93. The number of hydrogen-bond acceptors (Lipinski definition) is 2. The van der Waals surface area contributed by atoms with Crippen molar-refractivity contribution in [2.75, 3.05) is 13.1 Å². The molecule has 0 aromatic heterocycles. The molecule has 2 saturated carbocycles. The molecule has 2 unspecified atom stereocenters. The molecular weight excluding hydrogens is 365 g/mol. The number of nitrogens with zero attached hydrogens (tertiary/aromatic N) is 1. The first kappa shape index (κ1) is 19.7. The number of rotatable bonds is 2. The Morgan fingerprint density at radius 2 is 1.54 bits per heavy atom. The van der Waals surface area contributed by atoms with Crippen LogP contribution in [0, 0.1) is 17.8 Å². The van der Waals surface area contributed by atoms with E-state index in [2.05, 4.69) is 0 Å². The molecule has 1 saturated heterocycles. The third-order valence-electron chi connectivity index (χ3n) is 7.28. The lowest BCUT2D eigenvalue weighted by molar-refractivity contribution is -0.140. The first-order valence-corrected chi connectivity index (χ1v) is 10.5. The lowest BCUT2D eigenvalue weighted by Crippen LogP contribution is -2.50. The summed E-state index contributed by atoms with van der Waals surface area (Å²) < 4.78 is 38.2. The van der Waals surface area contributed by atoms with Crippen LogP contribution < -0.4 is 5.73 Å². The molecule has 1 aromatic carbocycles. The minimum absolute atomic E-state index is 0.109. The number of carbonyl (C=O) groups is 1. The van der Waals surface area contributed by atoms with Crippen molar-refractivity contribution < 1.29 is 18.0 Å². The lowest BCUT2D eigenvalue weighted by Gasteiger charge is -2.45. The maximum atomic E-state index is 13.0. The van der Waals surface area contributed by atoms with Gasteiger partial charge in [-0.3, -0.25) is 4.79 Å². The summed E-state index contributed by atoms with van der Waals surface area (Å²) in [6, 6.07) is 5.78. The highest BCUT2D eigenvalue weighted by Gasteiger charge is 2.42. The molecule has 2 atom stereocenters. The normalized spacial score (nSPS) is 31.6. The van der Waals surface area contributed by atoms with Gasteiger partial charge in [0, 0.05) is 25.0 Å². The van der Waals surface area contributed by atoms with E-state index in [1.54, 1.807) is 12.1 Å². The SMILES string of the molecule is NC1C2CCCC1CC(C(=O)N1CCC(c3ccc(C(F)(F)F)cc3)CC1)C2. The van der Waals surface area contributed by atoms with Crippen molar-refractivity contribution in [3.8, 4) is 0 Å². The van der Waals surface area contributed by atoms with Crippen molar-refractivity contribution in [1.82, 2.24) is 4.90 Å². The number of amides is 1. The number of alkyl halides is 3. The lowest BCUT2D eigenvalue weighted by atomic mass is 9.65. The van der Waals surface area contributed by atoms with E-state index in [1.165, 1.54) is 6.42 Å². The van der Waals surface area contributed by atoms with Crippen molar-refractivity contribution in [2.24, 2.45) is 23.5 Å². The molecule has 3 fully saturated rings. The average Bonchev–Trinajstić information content (AvgIpc) is 2.67. The molecule has 2 bridgehead atoms. The second kappa shape index (κ2) is 7.69. The number of piperidine rings is 1. The van der Waals surface area contributed by atoms with E-state index in [0.29, 0.717) is 24.9 Å². The van der Waals surface area contributed by atoms with Crippen molar-refractivity contribution in [3.63, 3.8) is 0 Å². The maximum Gasteiger partial charge on any atom is 0.416 e. The maximum absolute atomic E-state index is 13.0. The Balaban J connectivity index is 1.33. The van der Waals surface area contributed by atoms with Crippen LogP contribution in [0.5, 0.6) is 0 Å². The molecule has 2 aliphatic carbocycles. The Bertz CT molecular complexity index is 681. The number of benzene rings is 1. The molecule has 1 aliphatic heterocycles. The zero-order chi connectivity index (χ0) is 19.9. The number of carbonyl (C=O) groups excluding carboxylic acids is 1. The fourth-order valence-corrected chi connectivity index (χ4v) is 5.63. The zero-order valence-electron chi connectivity index (χ0n) is 16.1. The van der Waals surface area contributed by atoms with Crippen LogP contribution >= 0.6 is 0 Å². The van der Waals surface area contributed by atoms with Gasteiger partial charge in [-0.05, 0) is 74.0 Å². The van der Waals surface area contributed by atoms with Gasteiger partial charge in [0.25, 0.3) is 0 Å². The van der Waals surface area contributed by atoms with Gasteiger partial charge in [0.05, 0.1) is 5.56 Å². The van der Waals surface area contributed by atoms with Gasteiger partial charge in [0.2, 0.25) is 5.91 Å². The Hall–Kier alpha value is -1.56. The number of nitrogens with two attached hydrogens (primary N) is 1. The highest BCUT2D eigenvalue weighted by molar-refractivity contribution is 5.79. The monoisotopic (exact) mass is 394 g/mol. The summed E-state index contributed by atoms with van der Waals surface area (Å²) in [7, 11) is 0. The molecule has 0 radical (unpaired) electrons. The van der Waals surface area contributed by atoms with Crippen molar-refractivity contribution in [2.45, 2.75) is 63.1 Å². The van der Waals surface area contributed by atoms with Crippen LogP contribution in [0.25, 0.3) is 0 Å². The van der Waals surface area contributed by atoms with E-state index >= 15 is 0 Å². The first-order chi connectivity index (χ1) is 13.3. The third-order valence-corrected chi connectivity index (χ3v) is 7.28. The predicted molar refractivity (Wildman–Crippen MR) is 102 cm³/mol. The fourth-order valence-electron chi connectivity index (χ4n) is 5.63. The Morgan fingerprint density at radius 1 is 0.964 bits per heavy atom. The number of halogens is 3. The standard InChI is InChI=1S/C22H29F3N2O/c23-22(24,25)19-6-4-14(5-7-19)15-8-10-27(11-9-15)21(28)18-12-16-2-1-3-17(13-18)20(16)26/h4-7,15-18,20H,1-3,8-13,26H2. The zero-order valence-corrected chi connectivity index (χ0v) is 16.1. The molecule has 3 aliphatic rings. The summed E-state index contributed by atoms with van der Waals surface area (Å²) in [4.78, 5) is 15.0. The van der Waals surface area contributed by atoms with Crippen molar-refractivity contribution in [1.29, 1.82) is 0 Å². The van der Waals surface area contributed by atoms with Crippen LogP contribution in [0.3, 0.4) is 0 Å². The molecule has 154 valence electrons. The van der Waals surface area contributed by atoms with Crippen LogP contribution in [0.4, 0.5) is 13.2 Å². The smallest absolute Gasteiger partial charge is 0.342 e. The minimum Gasteiger partial charge on any atom is -0.342 e. The first-order valence-electron chi connectivity index (χ1n) is 10.5. The Kier molecular flexibility index (Phi) is 5.43. The van der Waals surface area contributed by atoms with E-state index in [4.69, 9.17) is 5.73 Å². The van der Waals surface area contributed by atoms with Gasteiger partial charge in [-0.25, -0.2) is 0 Å². The average molecular weight is 394 g/mol. The summed E-state index contributed by atoms with van der Waals surface area (Å²) >= 11 is 0. The Morgan fingerprint density at radius 3 is 2.07 bits per heavy atom. The van der Waals surface area contributed by atoms with Gasteiger partial charge in [-0.2, -0.15) is 13.2 Å². The van der Waals surface area contributed by atoms with E-state index in [-0.39, 0.29) is 23.8 Å². The van der Waals surface area contributed by atoms with Crippen LogP contribution in [0.2, 0.25) is 0 Å².